The Balaban J connectivity index is 1.69. The molecule has 1 aromatic rings. The summed E-state index contributed by atoms with van der Waals surface area (Å²) in [6.45, 7) is 3.36. The van der Waals surface area contributed by atoms with Gasteiger partial charge in [-0.3, -0.25) is 4.79 Å². The van der Waals surface area contributed by atoms with E-state index in [1.165, 1.54) is 0 Å². The summed E-state index contributed by atoms with van der Waals surface area (Å²) in [5, 5.41) is 0. The Kier molecular flexibility index (Phi) is 6.88. The molecule has 0 unspecified atom stereocenters. The van der Waals surface area contributed by atoms with Crippen LogP contribution in [-0.2, 0) is 25.4 Å². The molecule has 0 bridgehead atoms. The number of carbonyl (C=O) groups excluding carboxylic acids is 1. The van der Waals surface area contributed by atoms with Crippen molar-refractivity contribution in [1.82, 2.24) is 0 Å². The van der Waals surface area contributed by atoms with E-state index < -0.39 is 0 Å². The van der Waals surface area contributed by atoms with E-state index >= 15 is 0 Å². The summed E-state index contributed by atoms with van der Waals surface area (Å²) in [6.07, 6.45) is 0.492. The van der Waals surface area contributed by atoms with E-state index in [1.807, 2.05) is 12.1 Å². The Labute approximate surface area is 138 Å². The van der Waals surface area contributed by atoms with Crippen molar-refractivity contribution in [2.24, 2.45) is 0 Å². The SMILES string of the molecule is COCCOCCOCCN1C(=O)Cc2cc(I)ccc21. The molecule has 0 radical (unpaired) electrons. The van der Waals surface area contributed by atoms with Crippen LogP contribution in [0.1, 0.15) is 5.56 Å². The molecule has 0 aromatic heterocycles. The van der Waals surface area contributed by atoms with E-state index in [9.17, 15) is 4.79 Å². The number of rotatable bonds is 9. The molecule has 1 amide bonds. The highest BCUT2D eigenvalue weighted by molar-refractivity contribution is 14.1. The molecule has 0 N–H and O–H groups in total. The summed E-state index contributed by atoms with van der Waals surface area (Å²) in [5.74, 6) is 0.145. The average Bonchev–Trinajstić information content (AvgIpc) is 2.76. The Hall–Kier alpha value is -0.700. The van der Waals surface area contributed by atoms with E-state index in [2.05, 4.69) is 28.7 Å². The first-order valence-corrected chi connectivity index (χ1v) is 8.03. The standard InChI is InChI=1S/C15H20INO4/c1-19-6-7-21-9-8-20-5-4-17-14-3-2-13(16)10-12(14)11-15(17)18/h2-3,10H,4-9,11H2,1H3. The van der Waals surface area contributed by atoms with Crippen molar-refractivity contribution in [2.45, 2.75) is 6.42 Å². The molecule has 0 saturated carbocycles. The molecule has 116 valence electrons. The summed E-state index contributed by atoms with van der Waals surface area (Å²) in [6, 6.07) is 6.10. The fraction of sp³-hybridized carbons (Fsp3) is 0.533. The predicted octanol–water partition coefficient (Wildman–Crippen LogP) is 1.86. The van der Waals surface area contributed by atoms with Gasteiger partial charge in [-0.05, 0) is 46.4 Å². The normalized spacial score (nSPS) is 13.8. The van der Waals surface area contributed by atoms with Crippen LogP contribution in [0.3, 0.4) is 0 Å². The third-order valence-corrected chi connectivity index (χ3v) is 3.91. The highest BCUT2D eigenvalue weighted by Crippen LogP contribution is 2.29. The zero-order valence-electron chi connectivity index (χ0n) is 12.1. The number of amides is 1. The monoisotopic (exact) mass is 405 g/mol. The second-order valence-electron chi connectivity index (χ2n) is 4.71. The average molecular weight is 405 g/mol. The van der Waals surface area contributed by atoms with Gasteiger partial charge in [-0.25, -0.2) is 0 Å². The van der Waals surface area contributed by atoms with Gasteiger partial charge >= 0.3 is 0 Å². The molecule has 2 rings (SSSR count). The molecule has 1 aliphatic heterocycles. The lowest BCUT2D eigenvalue weighted by Crippen LogP contribution is -2.30. The fourth-order valence-electron chi connectivity index (χ4n) is 2.22. The van der Waals surface area contributed by atoms with E-state index in [-0.39, 0.29) is 5.91 Å². The van der Waals surface area contributed by atoms with Crippen LogP contribution in [0, 0.1) is 3.57 Å². The van der Waals surface area contributed by atoms with Crippen LogP contribution in [0.15, 0.2) is 18.2 Å². The highest BCUT2D eigenvalue weighted by atomic mass is 127. The Morgan fingerprint density at radius 3 is 2.62 bits per heavy atom. The number of anilines is 1. The van der Waals surface area contributed by atoms with Gasteiger partial charge in [-0.2, -0.15) is 0 Å². The maximum absolute atomic E-state index is 12.0. The van der Waals surface area contributed by atoms with Gasteiger partial charge in [-0.15, -0.1) is 0 Å². The Morgan fingerprint density at radius 1 is 1.14 bits per heavy atom. The van der Waals surface area contributed by atoms with Gasteiger partial charge in [0.25, 0.3) is 0 Å². The molecule has 6 heteroatoms. The first-order valence-electron chi connectivity index (χ1n) is 6.95. The van der Waals surface area contributed by atoms with Gasteiger partial charge in [0.2, 0.25) is 5.91 Å². The Bertz CT molecular complexity index is 481. The smallest absolute Gasteiger partial charge is 0.231 e. The number of nitrogens with zero attached hydrogens (tertiary/aromatic N) is 1. The minimum absolute atomic E-state index is 0.145. The highest BCUT2D eigenvalue weighted by Gasteiger charge is 2.26. The Morgan fingerprint density at radius 2 is 1.86 bits per heavy atom. The molecule has 0 spiro atoms. The molecule has 0 saturated heterocycles. The molecule has 0 atom stereocenters. The quantitative estimate of drug-likeness (QED) is 0.465. The lowest BCUT2D eigenvalue weighted by atomic mass is 10.2. The van der Waals surface area contributed by atoms with Crippen molar-refractivity contribution < 1.29 is 19.0 Å². The molecule has 1 aromatic carbocycles. The number of benzene rings is 1. The maximum atomic E-state index is 12.0. The number of ether oxygens (including phenoxy) is 3. The van der Waals surface area contributed by atoms with Crippen LogP contribution in [0.25, 0.3) is 0 Å². The maximum Gasteiger partial charge on any atom is 0.231 e. The second kappa shape index (κ2) is 8.67. The molecular formula is C15H20INO4. The molecule has 0 fully saturated rings. The van der Waals surface area contributed by atoms with Gasteiger partial charge in [0.1, 0.15) is 0 Å². The molecule has 21 heavy (non-hydrogen) atoms. The second-order valence-corrected chi connectivity index (χ2v) is 5.96. The number of hydrogen-bond acceptors (Lipinski definition) is 4. The largest absolute Gasteiger partial charge is 0.382 e. The lowest BCUT2D eigenvalue weighted by molar-refractivity contribution is -0.117. The molecule has 0 aliphatic carbocycles. The van der Waals surface area contributed by atoms with Crippen LogP contribution in [0.5, 0.6) is 0 Å². The minimum atomic E-state index is 0.145. The van der Waals surface area contributed by atoms with Gasteiger partial charge in [-0.1, -0.05) is 0 Å². The molecule has 1 heterocycles. The van der Waals surface area contributed by atoms with Crippen molar-refractivity contribution in [3.63, 3.8) is 0 Å². The summed E-state index contributed by atoms with van der Waals surface area (Å²) in [5.41, 5.74) is 2.12. The summed E-state index contributed by atoms with van der Waals surface area (Å²) >= 11 is 2.26. The fourth-order valence-corrected chi connectivity index (χ4v) is 2.77. The van der Waals surface area contributed by atoms with Crippen LogP contribution in [0.2, 0.25) is 0 Å². The van der Waals surface area contributed by atoms with E-state index in [1.54, 1.807) is 12.0 Å². The van der Waals surface area contributed by atoms with Gasteiger partial charge in [0.15, 0.2) is 0 Å². The number of halogens is 1. The van der Waals surface area contributed by atoms with Crippen LogP contribution < -0.4 is 4.90 Å². The van der Waals surface area contributed by atoms with Gasteiger partial charge < -0.3 is 19.1 Å². The number of carbonyl (C=O) groups is 1. The lowest BCUT2D eigenvalue weighted by Gasteiger charge is -2.17. The van der Waals surface area contributed by atoms with Crippen molar-refractivity contribution in [3.05, 3.63) is 27.3 Å². The number of fused-ring (bicyclic) bond motifs is 1. The summed E-state index contributed by atoms with van der Waals surface area (Å²) in [7, 11) is 1.64. The third-order valence-electron chi connectivity index (χ3n) is 3.24. The van der Waals surface area contributed by atoms with Crippen LogP contribution >= 0.6 is 22.6 Å². The van der Waals surface area contributed by atoms with Crippen LogP contribution in [0.4, 0.5) is 5.69 Å². The van der Waals surface area contributed by atoms with E-state index in [0.717, 1.165) is 14.8 Å². The number of methoxy groups -OCH3 is 1. The van der Waals surface area contributed by atoms with E-state index in [4.69, 9.17) is 14.2 Å². The van der Waals surface area contributed by atoms with Crippen molar-refractivity contribution >= 4 is 34.2 Å². The van der Waals surface area contributed by atoms with Crippen molar-refractivity contribution in [1.29, 1.82) is 0 Å². The predicted molar refractivity (Wildman–Crippen MR) is 88.7 cm³/mol. The van der Waals surface area contributed by atoms with Gasteiger partial charge in [0.05, 0.1) is 39.5 Å². The zero-order valence-corrected chi connectivity index (χ0v) is 14.3. The van der Waals surface area contributed by atoms with Crippen molar-refractivity contribution in [3.8, 4) is 0 Å². The summed E-state index contributed by atoms with van der Waals surface area (Å²) in [4.78, 5) is 13.8. The third kappa shape index (κ3) is 4.91. The van der Waals surface area contributed by atoms with Gasteiger partial charge in [0, 0.05) is 22.9 Å². The van der Waals surface area contributed by atoms with E-state index in [0.29, 0.717) is 46.0 Å². The first-order chi connectivity index (χ1) is 10.2. The number of hydrogen-bond donors (Lipinski definition) is 0. The van der Waals surface area contributed by atoms with Crippen LogP contribution in [-0.4, -0.2) is 52.6 Å². The minimum Gasteiger partial charge on any atom is -0.382 e. The topological polar surface area (TPSA) is 48.0 Å². The molecule has 1 aliphatic rings. The zero-order chi connectivity index (χ0) is 15.1. The molecular weight excluding hydrogens is 385 g/mol. The van der Waals surface area contributed by atoms with Crippen molar-refractivity contribution in [2.75, 3.05) is 51.6 Å². The first kappa shape index (κ1) is 16.7. The molecule has 5 nitrogen and oxygen atoms in total. The summed E-state index contributed by atoms with van der Waals surface area (Å²) < 4.78 is 16.8.